The number of rotatable bonds is 3. The van der Waals surface area contributed by atoms with Gasteiger partial charge in [-0.15, -0.1) is 0 Å². The summed E-state index contributed by atoms with van der Waals surface area (Å²) in [4.78, 5) is 0. The minimum atomic E-state index is 0.856. The van der Waals surface area contributed by atoms with Gasteiger partial charge in [-0.25, -0.2) is 4.68 Å². The second-order valence-corrected chi connectivity index (χ2v) is 4.87. The van der Waals surface area contributed by atoms with E-state index in [1.807, 2.05) is 7.05 Å². The summed E-state index contributed by atoms with van der Waals surface area (Å²) in [5, 5.41) is 7.86. The zero-order valence-electron chi connectivity index (χ0n) is 11.8. The van der Waals surface area contributed by atoms with Gasteiger partial charge in [-0.2, -0.15) is 5.10 Å². The van der Waals surface area contributed by atoms with Crippen LogP contribution < -0.4 is 5.32 Å². The fraction of sp³-hybridized carbons (Fsp3) is 0.400. The van der Waals surface area contributed by atoms with Gasteiger partial charge < -0.3 is 5.32 Å². The van der Waals surface area contributed by atoms with Crippen LogP contribution in [0.25, 0.3) is 5.69 Å². The topological polar surface area (TPSA) is 29.9 Å². The second-order valence-electron chi connectivity index (χ2n) is 4.87. The molecular formula is C15H21N3. The number of hydrogen-bond donors (Lipinski definition) is 1. The largest absolute Gasteiger partial charge is 0.316 e. The molecule has 0 aliphatic rings. The first kappa shape index (κ1) is 12.8. The van der Waals surface area contributed by atoms with E-state index in [0.717, 1.165) is 12.2 Å². The van der Waals surface area contributed by atoms with Crippen LogP contribution in [0.15, 0.2) is 18.2 Å². The summed E-state index contributed by atoms with van der Waals surface area (Å²) in [6.07, 6.45) is 0. The van der Waals surface area contributed by atoms with Crippen molar-refractivity contribution in [3.8, 4) is 5.69 Å². The predicted molar refractivity (Wildman–Crippen MR) is 75.3 cm³/mol. The summed E-state index contributed by atoms with van der Waals surface area (Å²) in [6, 6.07) is 6.51. The Labute approximate surface area is 109 Å². The average Bonchev–Trinajstić information content (AvgIpc) is 2.58. The number of nitrogens with one attached hydrogen (secondary N) is 1. The summed E-state index contributed by atoms with van der Waals surface area (Å²) in [5.41, 5.74) is 7.32. The van der Waals surface area contributed by atoms with E-state index in [1.165, 1.54) is 28.1 Å². The van der Waals surface area contributed by atoms with Gasteiger partial charge in [-0.1, -0.05) is 17.7 Å². The minimum absolute atomic E-state index is 0.856. The molecule has 3 heteroatoms. The van der Waals surface area contributed by atoms with E-state index in [-0.39, 0.29) is 0 Å². The minimum Gasteiger partial charge on any atom is -0.316 e. The molecule has 3 nitrogen and oxygen atoms in total. The summed E-state index contributed by atoms with van der Waals surface area (Å²) in [7, 11) is 1.97. The summed E-state index contributed by atoms with van der Waals surface area (Å²) < 4.78 is 2.05. The highest BCUT2D eigenvalue weighted by atomic mass is 15.3. The van der Waals surface area contributed by atoms with Crippen molar-refractivity contribution in [2.45, 2.75) is 34.2 Å². The second kappa shape index (κ2) is 4.94. The van der Waals surface area contributed by atoms with Crippen molar-refractivity contribution in [1.82, 2.24) is 15.1 Å². The van der Waals surface area contributed by atoms with Gasteiger partial charge in [0.15, 0.2) is 0 Å². The first-order valence-electron chi connectivity index (χ1n) is 6.32. The van der Waals surface area contributed by atoms with E-state index in [0.29, 0.717) is 0 Å². The molecule has 1 aromatic heterocycles. The zero-order chi connectivity index (χ0) is 13.3. The van der Waals surface area contributed by atoms with Crippen molar-refractivity contribution < 1.29 is 0 Å². The van der Waals surface area contributed by atoms with Gasteiger partial charge in [0, 0.05) is 12.2 Å². The predicted octanol–water partition coefficient (Wildman–Crippen LogP) is 2.83. The summed E-state index contributed by atoms with van der Waals surface area (Å²) >= 11 is 0. The van der Waals surface area contributed by atoms with Crippen molar-refractivity contribution >= 4 is 0 Å². The third-order valence-electron chi connectivity index (χ3n) is 3.48. The number of benzene rings is 1. The van der Waals surface area contributed by atoms with Gasteiger partial charge in [0.05, 0.1) is 11.4 Å². The SMILES string of the molecule is CNCc1cc(C)ccc1-n1nc(C)c(C)c1C. The lowest BCUT2D eigenvalue weighted by Gasteiger charge is -2.12. The number of aromatic nitrogens is 2. The highest BCUT2D eigenvalue weighted by Crippen LogP contribution is 2.21. The van der Waals surface area contributed by atoms with E-state index >= 15 is 0 Å². The smallest absolute Gasteiger partial charge is 0.0694 e. The molecule has 0 amide bonds. The molecule has 0 saturated heterocycles. The van der Waals surface area contributed by atoms with E-state index < -0.39 is 0 Å². The normalized spacial score (nSPS) is 10.9. The van der Waals surface area contributed by atoms with Crippen LogP contribution in [0.2, 0.25) is 0 Å². The van der Waals surface area contributed by atoms with Crippen molar-refractivity contribution in [1.29, 1.82) is 0 Å². The highest BCUT2D eigenvalue weighted by molar-refractivity contribution is 5.45. The Morgan fingerprint density at radius 3 is 2.44 bits per heavy atom. The lowest BCUT2D eigenvalue weighted by Crippen LogP contribution is -2.11. The van der Waals surface area contributed by atoms with Gasteiger partial charge in [0.1, 0.15) is 0 Å². The highest BCUT2D eigenvalue weighted by Gasteiger charge is 2.12. The van der Waals surface area contributed by atoms with Crippen LogP contribution in [0, 0.1) is 27.7 Å². The van der Waals surface area contributed by atoms with Crippen molar-refractivity contribution in [3.63, 3.8) is 0 Å². The molecule has 0 atom stereocenters. The molecule has 0 spiro atoms. The Balaban J connectivity index is 2.59. The molecule has 1 aromatic carbocycles. The van der Waals surface area contributed by atoms with Crippen LogP contribution >= 0.6 is 0 Å². The number of nitrogens with zero attached hydrogens (tertiary/aromatic N) is 2. The maximum Gasteiger partial charge on any atom is 0.0694 e. The van der Waals surface area contributed by atoms with Gasteiger partial charge >= 0.3 is 0 Å². The molecule has 2 rings (SSSR count). The third-order valence-corrected chi connectivity index (χ3v) is 3.48. The van der Waals surface area contributed by atoms with Gasteiger partial charge in [0.25, 0.3) is 0 Å². The van der Waals surface area contributed by atoms with Crippen molar-refractivity contribution in [2.75, 3.05) is 7.05 Å². The Kier molecular flexibility index (Phi) is 3.53. The Morgan fingerprint density at radius 1 is 1.17 bits per heavy atom. The quantitative estimate of drug-likeness (QED) is 0.898. The summed E-state index contributed by atoms with van der Waals surface area (Å²) in [6.45, 7) is 9.28. The van der Waals surface area contributed by atoms with Crippen molar-refractivity contribution in [3.05, 3.63) is 46.3 Å². The molecule has 0 aliphatic carbocycles. The third kappa shape index (κ3) is 2.18. The Bertz CT molecular complexity index is 567. The van der Waals surface area contributed by atoms with Gasteiger partial charge in [-0.3, -0.25) is 0 Å². The molecule has 0 saturated carbocycles. The van der Waals surface area contributed by atoms with Gasteiger partial charge in [0.2, 0.25) is 0 Å². The maximum absolute atomic E-state index is 4.64. The van der Waals surface area contributed by atoms with Crippen LogP contribution in [0.1, 0.15) is 28.1 Å². The van der Waals surface area contributed by atoms with Gasteiger partial charge in [-0.05, 0) is 51.9 Å². The van der Waals surface area contributed by atoms with Crippen LogP contribution in [0.4, 0.5) is 0 Å². The fourth-order valence-electron chi connectivity index (χ4n) is 2.21. The van der Waals surface area contributed by atoms with E-state index in [4.69, 9.17) is 0 Å². The van der Waals surface area contributed by atoms with Crippen LogP contribution in [-0.2, 0) is 6.54 Å². The molecule has 0 unspecified atom stereocenters. The molecule has 96 valence electrons. The lowest BCUT2D eigenvalue weighted by molar-refractivity contribution is 0.774. The number of aryl methyl sites for hydroxylation is 2. The fourth-order valence-corrected chi connectivity index (χ4v) is 2.21. The molecule has 18 heavy (non-hydrogen) atoms. The van der Waals surface area contributed by atoms with Crippen molar-refractivity contribution in [2.24, 2.45) is 0 Å². The summed E-state index contributed by atoms with van der Waals surface area (Å²) in [5.74, 6) is 0. The van der Waals surface area contributed by atoms with E-state index in [9.17, 15) is 0 Å². The molecule has 1 N–H and O–H groups in total. The molecule has 0 bridgehead atoms. The Hall–Kier alpha value is -1.61. The first-order valence-corrected chi connectivity index (χ1v) is 6.32. The molecular weight excluding hydrogens is 222 g/mol. The molecule has 0 radical (unpaired) electrons. The Morgan fingerprint density at radius 2 is 1.89 bits per heavy atom. The maximum atomic E-state index is 4.64. The monoisotopic (exact) mass is 243 g/mol. The van der Waals surface area contributed by atoms with E-state index in [2.05, 4.69) is 61.0 Å². The van der Waals surface area contributed by atoms with Crippen LogP contribution in [0.3, 0.4) is 0 Å². The molecule has 0 aliphatic heterocycles. The number of hydrogen-bond acceptors (Lipinski definition) is 2. The standard InChI is InChI=1S/C15H21N3/c1-10-6-7-15(14(8-10)9-16-5)18-13(4)11(2)12(3)17-18/h6-8,16H,9H2,1-5H3. The van der Waals surface area contributed by atoms with Crippen LogP contribution in [-0.4, -0.2) is 16.8 Å². The lowest BCUT2D eigenvalue weighted by atomic mass is 10.1. The average molecular weight is 243 g/mol. The molecule has 2 aromatic rings. The van der Waals surface area contributed by atoms with E-state index in [1.54, 1.807) is 0 Å². The zero-order valence-corrected chi connectivity index (χ0v) is 11.8. The van der Waals surface area contributed by atoms with Crippen LogP contribution in [0.5, 0.6) is 0 Å². The molecule has 1 heterocycles. The molecule has 0 fully saturated rings. The first-order chi connectivity index (χ1) is 8.54.